The van der Waals surface area contributed by atoms with Gasteiger partial charge in [0.2, 0.25) is 5.91 Å². The average molecular weight is 230 g/mol. The van der Waals surface area contributed by atoms with E-state index in [-0.39, 0.29) is 18.6 Å². The molecule has 2 atom stereocenters. The maximum Gasteiger partial charge on any atom is 0.239 e. The lowest BCUT2D eigenvalue weighted by atomic mass is 10.0. The normalized spacial score (nSPS) is 22.8. The third-order valence-electron chi connectivity index (χ3n) is 2.83. The molecule has 0 saturated carbocycles. The van der Waals surface area contributed by atoms with Crippen LogP contribution in [0.25, 0.3) is 0 Å². The first kappa shape index (κ1) is 13.4. The number of rotatable bonds is 5. The van der Waals surface area contributed by atoms with E-state index < -0.39 is 6.10 Å². The van der Waals surface area contributed by atoms with Crippen molar-refractivity contribution < 1.29 is 14.6 Å². The molecule has 1 unspecified atom stereocenters. The number of aliphatic hydroxyl groups excluding tert-OH is 1. The third kappa shape index (κ3) is 4.08. The van der Waals surface area contributed by atoms with E-state index in [0.717, 1.165) is 25.8 Å². The lowest BCUT2D eigenvalue weighted by Crippen LogP contribution is -2.49. The highest BCUT2D eigenvalue weighted by molar-refractivity contribution is 5.81. The van der Waals surface area contributed by atoms with Crippen LogP contribution in [0.1, 0.15) is 19.3 Å². The molecule has 1 aliphatic rings. The SMILES string of the molecule is COCC(O)CN(C)C(=O)[C@@H]1CCCCN1. The van der Waals surface area contributed by atoms with Gasteiger partial charge in [0.25, 0.3) is 0 Å². The Morgan fingerprint density at radius 3 is 2.94 bits per heavy atom. The zero-order valence-corrected chi connectivity index (χ0v) is 10.1. The van der Waals surface area contributed by atoms with Gasteiger partial charge in [-0.15, -0.1) is 0 Å². The molecule has 0 aliphatic carbocycles. The van der Waals surface area contributed by atoms with Gasteiger partial charge in [-0.25, -0.2) is 0 Å². The van der Waals surface area contributed by atoms with Gasteiger partial charge >= 0.3 is 0 Å². The van der Waals surface area contributed by atoms with Crippen molar-refractivity contribution in [1.29, 1.82) is 0 Å². The third-order valence-corrected chi connectivity index (χ3v) is 2.83. The molecule has 1 saturated heterocycles. The van der Waals surface area contributed by atoms with E-state index in [1.54, 1.807) is 11.9 Å². The van der Waals surface area contributed by atoms with E-state index in [4.69, 9.17) is 4.74 Å². The number of amides is 1. The highest BCUT2D eigenvalue weighted by atomic mass is 16.5. The fraction of sp³-hybridized carbons (Fsp3) is 0.909. The van der Waals surface area contributed by atoms with Gasteiger partial charge in [0.15, 0.2) is 0 Å². The van der Waals surface area contributed by atoms with Crippen molar-refractivity contribution in [2.45, 2.75) is 31.4 Å². The molecule has 0 spiro atoms. The number of hydrogen-bond acceptors (Lipinski definition) is 4. The molecule has 0 aromatic rings. The summed E-state index contributed by atoms with van der Waals surface area (Å²) in [7, 11) is 3.26. The molecule has 1 aliphatic heterocycles. The van der Waals surface area contributed by atoms with Crippen LogP contribution in [0.4, 0.5) is 0 Å². The van der Waals surface area contributed by atoms with Gasteiger partial charge in [-0.1, -0.05) is 6.42 Å². The molecule has 1 heterocycles. The van der Waals surface area contributed by atoms with Crippen LogP contribution in [-0.4, -0.2) is 61.9 Å². The first-order valence-corrected chi connectivity index (χ1v) is 5.80. The van der Waals surface area contributed by atoms with Crippen molar-refractivity contribution in [3.05, 3.63) is 0 Å². The number of methoxy groups -OCH3 is 1. The van der Waals surface area contributed by atoms with Crippen molar-refractivity contribution >= 4 is 5.91 Å². The fourth-order valence-corrected chi connectivity index (χ4v) is 1.98. The van der Waals surface area contributed by atoms with Crippen LogP contribution in [0.15, 0.2) is 0 Å². The Balaban J connectivity index is 2.34. The standard InChI is InChI=1S/C11H22N2O3/c1-13(7-9(14)8-16-2)11(15)10-5-3-4-6-12-10/h9-10,12,14H,3-8H2,1-2H3/t9?,10-/m0/s1. The van der Waals surface area contributed by atoms with E-state index in [1.807, 2.05) is 0 Å². The summed E-state index contributed by atoms with van der Waals surface area (Å²) in [5.41, 5.74) is 0. The Kier molecular flexibility index (Phi) is 5.73. The van der Waals surface area contributed by atoms with E-state index in [0.29, 0.717) is 6.54 Å². The number of ether oxygens (including phenoxy) is 1. The van der Waals surface area contributed by atoms with Crippen molar-refractivity contribution in [1.82, 2.24) is 10.2 Å². The van der Waals surface area contributed by atoms with Crippen LogP contribution in [-0.2, 0) is 9.53 Å². The quantitative estimate of drug-likeness (QED) is 0.674. The fourth-order valence-electron chi connectivity index (χ4n) is 1.98. The first-order valence-electron chi connectivity index (χ1n) is 5.80. The van der Waals surface area contributed by atoms with E-state index in [9.17, 15) is 9.90 Å². The molecule has 5 nitrogen and oxygen atoms in total. The molecule has 0 bridgehead atoms. The number of piperidine rings is 1. The topological polar surface area (TPSA) is 61.8 Å². The van der Waals surface area contributed by atoms with E-state index >= 15 is 0 Å². The predicted octanol–water partition coefficient (Wildman–Crippen LogP) is -0.406. The van der Waals surface area contributed by atoms with Crippen LogP contribution < -0.4 is 5.32 Å². The van der Waals surface area contributed by atoms with Gasteiger partial charge in [0, 0.05) is 20.7 Å². The Morgan fingerprint density at radius 2 is 2.38 bits per heavy atom. The smallest absolute Gasteiger partial charge is 0.239 e. The molecular formula is C11H22N2O3. The largest absolute Gasteiger partial charge is 0.389 e. The van der Waals surface area contributed by atoms with Crippen LogP contribution in [0.5, 0.6) is 0 Å². The lowest BCUT2D eigenvalue weighted by Gasteiger charge is -2.28. The van der Waals surface area contributed by atoms with E-state index in [2.05, 4.69) is 5.32 Å². The molecule has 0 aromatic heterocycles. The number of carbonyl (C=O) groups is 1. The highest BCUT2D eigenvalue weighted by Gasteiger charge is 2.24. The summed E-state index contributed by atoms with van der Waals surface area (Å²) in [4.78, 5) is 13.5. The molecule has 0 aromatic carbocycles. The number of carbonyl (C=O) groups excluding carboxylic acids is 1. The predicted molar refractivity (Wildman–Crippen MR) is 61.2 cm³/mol. The number of nitrogens with zero attached hydrogens (tertiary/aromatic N) is 1. The highest BCUT2D eigenvalue weighted by Crippen LogP contribution is 2.09. The van der Waals surface area contributed by atoms with Crippen molar-refractivity contribution in [3.8, 4) is 0 Å². The second-order valence-electron chi connectivity index (χ2n) is 4.33. The molecule has 1 fully saturated rings. The lowest BCUT2D eigenvalue weighted by molar-refractivity contribution is -0.134. The van der Waals surface area contributed by atoms with Gasteiger partial charge in [-0.05, 0) is 19.4 Å². The van der Waals surface area contributed by atoms with Gasteiger partial charge in [0.05, 0.1) is 18.8 Å². The summed E-state index contributed by atoms with van der Waals surface area (Å²) < 4.78 is 4.83. The zero-order chi connectivity index (χ0) is 12.0. The minimum atomic E-state index is -0.609. The summed E-state index contributed by atoms with van der Waals surface area (Å²) in [6, 6.07) is -0.0755. The van der Waals surface area contributed by atoms with Gasteiger partial charge in [0.1, 0.15) is 0 Å². The number of nitrogens with one attached hydrogen (secondary N) is 1. The zero-order valence-electron chi connectivity index (χ0n) is 10.1. The maximum atomic E-state index is 11.9. The molecule has 94 valence electrons. The number of aliphatic hydroxyl groups is 1. The molecule has 5 heteroatoms. The van der Waals surface area contributed by atoms with Crippen LogP contribution in [0.2, 0.25) is 0 Å². The van der Waals surface area contributed by atoms with Gasteiger partial charge in [-0.2, -0.15) is 0 Å². The number of likely N-dealkylation sites (N-methyl/N-ethyl adjacent to an activating group) is 1. The monoisotopic (exact) mass is 230 g/mol. The first-order chi connectivity index (χ1) is 7.65. The minimum Gasteiger partial charge on any atom is -0.389 e. The molecular weight excluding hydrogens is 208 g/mol. The minimum absolute atomic E-state index is 0.0647. The molecule has 2 N–H and O–H groups in total. The van der Waals surface area contributed by atoms with E-state index in [1.165, 1.54) is 7.11 Å². The van der Waals surface area contributed by atoms with Crippen molar-refractivity contribution in [2.75, 3.05) is 33.9 Å². The second kappa shape index (κ2) is 6.83. The molecule has 1 amide bonds. The summed E-state index contributed by atoms with van der Waals surface area (Å²) >= 11 is 0. The number of hydrogen-bond donors (Lipinski definition) is 2. The van der Waals surface area contributed by atoms with Crippen LogP contribution in [0.3, 0.4) is 0 Å². The van der Waals surface area contributed by atoms with Gasteiger partial charge < -0.3 is 20.1 Å². The molecule has 1 rings (SSSR count). The maximum absolute atomic E-state index is 11.9. The van der Waals surface area contributed by atoms with Crippen LogP contribution >= 0.6 is 0 Å². The van der Waals surface area contributed by atoms with Crippen LogP contribution in [0, 0.1) is 0 Å². The molecule has 16 heavy (non-hydrogen) atoms. The average Bonchev–Trinajstić information content (AvgIpc) is 2.29. The summed E-state index contributed by atoms with van der Waals surface area (Å²) in [6.07, 6.45) is 2.52. The summed E-state index contributed by atoms with van der Waals surface area (Å²) in [6.45, 7) is 1.49. The second-order valence-corrected chi connectivity index (χ2v) is 4.33. The Labute approximate surface area is 96.8 Å². The van der Waals surface area contributed by atoms with Crippen molar-refractivity contribution in [2.24, 2.45) is 0 Å². The van der Waals surface area contributed by atoms with Crippen molar-refractivity contribution in [3.63, 3.8) is 0 Å². The Morgan fingerprint density at radius 1 is 1.62 bits per heavy atom. The molecule has 0 radical (unpaired) electrons. The summed E-state index contributed by atoms with van der Waals surface area (Å²) in [5.74, 6) is 0.0647. The Bertz CT molecular complexity index is 217. The van der Waals surface area contributed by atoms with Gasteiger partial charge in [-0.3, -0.25) is 4.79 Å². The summed E-state index contributed by atoms with van der Waals surface area (Å²) in [5, 5.41) is 12.7. The Hall–Kier alpha value is -0.650.